The minimum Gasteiger partial charge on any atom is -0.310 e. The van der Waals surface area contributed by atoms with E-state index in [4.69, 9.17) is 0 Å². The lowest BCUT2D eigenvalue weighted by Crippen LogP contribution is -2.55. The summed E-state index contributed by atoms with van der Waals surface area (Å²) in [6.45, 7) is 6.71. The van der Waals surface area contributed by atoms with Crippen molar-refractivity contribution in [2.75, 3.05) is 18.0 Å². The van der Waals surface area contributed by atoms with Crippen LogP contribution in [-0.4, -0.2) is 29.9 Å². The van der Waals surface area contributed by atoms with E-state index in [1.807, 2.05) is 11.8 Å². The summed E-state index contributed by atoms with van der Waals surface area (Å²) in [5.74, 6) is 0.220. The van der Waals surface area contributed by atoms with E-state index >= 15 is 0 Å². The molecular weight excluding hydrogens is 308 g/mol. The van der Waals surface area contributed by atoms with Crippen LogP contribution in [-0.2, 0) is 24.2 Å². The molecule has 1 fully saturated rings. The second kappa shape index (κ2) is 6.64. The second-order valence-electron chi connectivity index (χ2n) is 7.37. The van der Waals surface area contributed by atoms with Crippen LogP contribution in [0.25, 0.3) is 0 Å². The van der Waals surface area contributed by atoms with Crippen LogP contribution < -0.4 is 4.90 Å². The van der Waals surface area contributed by atoms with Gasteiger partial charge in [0.2, 0.25) is 5.91 Å². The number of nitrogens with zero attached hydrogens (tertiary/aromatic N) is 2. The predicted octanol–water partition coefficient (Wildman–Crippen LogP) is 3.72. The van der Waals surface area contributed by atoms with Crippen molar-refractivity contribution in [1.82, 2.24) is 4.90 Å². The molecule has 1 heterocycles. The molecule has 0 N–H and O–H groups in total. The molecule has 1 atom stereocenters. The fourth-order valence-electron chi connectivity index (χ4n) is 4.12. The number of piperazine rings is 1. The number of amides is 1. The summed E-state index contributed by atoms with van der Waals surface area (Å²) in [5.41, 5.74) is 6.58. The Balaban J connectivity index is 1.50. The van der Waals surface area contributed by atoms with Gasteiger partial charge in [-0.3, -0.25) is 9.69 Å². The third-order valence-corrected chi connectivity index (χ3v) is 5.81. The zero-order valence-electron chi connectivity index (χ0n) is 15.2. The number of carbonyl (C=O) groups is 1. The molecule has 2 aromatic carbocycles. The van der Waals surface area contributed by atoms with Gasteiger partial charge in [0.15, 0.2) is 0 Å². The first-order valence-corrected chi connectivity index (χ1v) is 9.35. The molecule has 0 saturated carbocycles. The smallest absolute Gasteiger partial charge is 0.244 e. The number of aryl methyl sites for hydroxylation is 3. The molecule has 1 amide bonds. The fourth-order valence-corrected chi connectivity index (χ4v) is 4.12. The van der Waals surface area contributed by atoms with E-state index in [9.17, 15) is 4.79 Å². The summed E-state index contributed by atoms with van der Waals surface area (Å²) < 4.78 is 0. The number of fused-ring (bicyclic) bond motifs is 1. The van der Waals surface area contributed by atoms with Gasteiger partial charge < -0.3 is 4.90 Å². The molecule has 1 unspecified atom stereocenters. The molecule has 0 spiro atoms. The number of anilines is 1. The van der Waals surface area contributed by atoms with E-state index in [1.54, 1.807) is 0 Å². The van der Waals surface area contributed by atoms with E-state index in [2.05, 4.69) is 54.3 Å². The zero-order valence-corrected chi connectivity index (χ0v) is 15.2. The van der Waals surface area contributed by atoms with Gasteiger partial charge in [0.25, 0.3) is 0 Å². The van der Waals surface area contributed by atoms with Crippen molar-refractivity contribution in [1.29, 1.82) is 0 Å². The third kappa shape index (κ3) is 3.09. The molecule has 0 radical (unpaired) electrons. The van der Waals surface area contributed by atoms with E-state index < -0.39 is 0 Å². The van der Waals surface area contributed by atoms with Crippen LogP contribution in [0.3, 0.4) is 0 Å². The molecule has 3 heteroatoms. The van der Waals surface area contributed by atoms with Gasteiger partial charge in [0.1, 0.15) is 0 Å². The average molecular weight is 334 g/mol. The Morgan fingerprint density at radius 1 is 1.04 bits per heavy atom. The number of carbonyl (C=O) groups excluding carboxylic acids is 1. The summed E-state index contributed by atoms with van der Waals surface area (Å²) in [4.78, 5) is 17.3. The Bertz CT molecular complexity index is 798. The lowest BCUT2D eigenvalue weighted by molar-refractivity contribution is -0.125. The Morgan fingerprint density at radius 2 is 1.84 bits per heavy atom. The minimum absolute atomic E-state index is 0.0818. The standard InChI is InChI=1S/C22H26N2O/c1-16-6-3-4-7-20(16)15-23-12-13-24(22(25)17(23)2)21-11-10-18-8-5-9-19(18)14-21/h3-4,6-7,10-11,14,17H,5,8-9,12-13,15H2,1-2H3. The van der Waals surface area contributed by atoms with E-state index in [-0.39, 0.29) is 11.9 Å². The maximum absolute atomic E-state index is 13.0. The van der Waals surface area contributed by atoms with Crippen LogP contribution in [0.2, 0.25) is 0 Å². The van der Waals surface area contributed by atoms with Crippen LogP contribution in [0.4, 0.5) is 5.69 Å². The van der Waals surface area contributed by atoms with Crippen molar-refractivity contribution in [2.24, 2.45) is 0 Å². The predicted molar refractivity (Wildman–Crippen MR) is 102 cm³/mol. The topological polar surface area (TPSA) is 23.6 Å². The van der Waals surface area contributed by atoms with Crippen LogP contribution in [0, 0.1) is 6.92 Å². The molecule has 1 aliphatic heterocycles. The van der Waals surface area contributed by atoms with E-state index in [0.29, 0.717) is 0 Å². The van der Waals surface area contributed by atoms with E-state index in [1.165, 1.54) is 35.1 Å². The molecule has 0 bridgehead atoms. The van der Waals surface area contributed by atoms with Gasteiger partial charge in [0, 0.05) is 25.3 Å². The summed E-state index contributed by atoms with van der Waals surface area (Å²) in [6.07, 6.45) is 3.58. The van der Waals surface area contributed by atoms with Crippen LogP contribution in [0.5, 0.6) is 0 Å². The highest BCUT2D eigenvalue weighted by atomic mass is 16.2. The van der Waals surface area contributed by atoms with Gasteiger partial charge >= 0.3 is 0 Å². The number of hydrogen-bond acceptors (Lipinski definition) is 2. The fraction of sp³-hybridized carbons (Fsp3) is 0.409. The lowest BCUT2D eigenvalue weighted by Gasteiger charge is -2.39. The molecule has 2 aromatic rings. The first kappa shape index (κ1) is 16.3. The van der Waals surface area contributed by atoms with Crippen LogP contribution in [0.1, 0.15) is 35.6 Å². The zero-order chi connectivity index (χ0) is 17.4. The normalized spacial score (nSPS) is 20.8. The summed E-state index contributed by atoms with van der Waals surface area (Å²) >= 11 is 0. The number of rotatable bonds is 3. The van der Waals surface area contributed by atoms with Crippen molar-refractivity contribution in [3.8, 4) is 0 Å². The van der Waals surface area contributed by atoms with Crippen molar-refractivity contribution < 1.29 is 4.79 Å². The number of benzene rings is 2. The maximum atomic E-state index is 13.0. The average Bonchev–Trinajstić information content (AvgIpc) is 3.08. The number of hydrogen-bond donors (Lipinski definition) is 0. The van der Waals surface area contributed by atoms with Crippen LogP contribution >= 0.6 is 0 Å². The van der Waals surface area contributed by atoms with Gasteiger partial charge in [-0.1, -0.05) is 30.3 Å². The summed E-state index contributed by atoms with van der Waals surface area (Å²) in [7, 11) is 0. The molecule has 130 valence electrons. The Morgan fingerprint density at radius 3 is 2.68 bits per heavy atom. The quantitative estimate of drug-likeness (QED) is 0.854. The van der Waals surface area contributed by atoms with Gasteiger partial charge in [-0.15, -0.1) is 0 Å². The van der Waals surface area contributed by atoms with E-state index in [0.717, 1.165) is 31.7 Å². The molecule has 3 nitrogen and oxygen atoms in total. The molecular formula is C22H26N2O. The largest absolute Gasteiger partial charge is 0.310 e. The SMILES string of the molecule is Cc1ccccc1CN1CCN(c2ccc3c(c2)CCC3)C(=O)C1C. The molecule has 2 aliphatic rings. The van der Waals surface area contributed by atoms with Crippen molar-refractivity contribution >= 4 is 11.6 Å². The van der Waals surface area contributed by atoms with Crippen molar-refractivity contribution in [2.45, 2.75) is 45.7 Å². The van der Waals surface area contributed by atoms with Gasteiger partial charge in [-0.2, -0.15) is 0 Å². The highest BCUT2D eigenvalue weighted by Gasteiger charge is 2.32. The maximum Gasteiger partial charge on any atom is 0.244 e. The third-order valence-electron chi connectivity index (χ3n) is 5.81. The highest BCUT2D eigenvalue weighted by molar-refractivity contribution is 5.97. The minimum atomic E-state index is -0.0818. The molecule has 0 aromatic heterocycles. The van der Waals surface area contributed by atoms with Crippen molar-refractivity contribution in [3.05, 3.63) is 64.7 Å². The van der Waals surface area contributed by atoms with Crippen LogP contribution in [0.15, 0.2) is 42.5 Å². The van der Waals surface area contributed by atoms with Gasteiger partial charge in [0.05, 0.1) is 6.04 Å². The molecule has 25 heavy (non-hydrogen) atoms. The molecule has 1 aliphatic carbocycles. The Labute approximate surface area is 150 Å². The summed E-state index contributed by atoms with van der Waals surface area (Å²) in [5, 5.41) is 0. The first-order valence-electron chi connectivity index (χ1n) is 9.35. The van der Waals surface area contributed by atoms with Crippen molar-refractivity contribution in [3.63, 3.8) is 0 Å². The lowest BCUT2D eigenvalue weighted by atomic mass is 10.0. The molecule has 4 rings (SSSR count). The Hall–Kier alpha value is -2.13. The summed E-state index contributed by atoms with van der Waals surface area (Å²) in [6, 6.07) is 15.0. The monoisotopic (exact) mass is 334 g/mol. The highest BCUT2D eigenvalue weighted by Crippen LogP contribution is 2.29. The Kier molecular flexibility index (Phi) is 4.34. The molecule has 1 saturated heterocycles. The second-order valence-corrected chi connectivity index (χ2v) is 7.37. The van der Waals surface area contributed by atoms with Gasteiger partial charge in [-0.05, 0) is 67.5 Å². The first-order chi connectivity index (χ1) is 12.1. The van der Waals surface area contributed by atoms with Gasteiger partial charge in [-0.25, -0.2) is 0 Å².